The molecule has 3 N–H and O–H groups in total. The predicted octanol–water partition coefficient (Wildman–Crippen LogP) is 2.91. The summed E-state index contributed by atoms with van der Waals surface area (Å²) in [6, 6.07) is 6.41. The molecule has 0 saturated carbocycles. The van der Waals surface area contributed by atoms with E-state index in [1.807, 2.05) is 4.90 Å². The van der Waals surface area contributed by atoms with Crippen LogP contribution < -0.4 is 10.6 Å². The van der Waals surface area contributed by atoms with Gasteiger partial charge in [0, 0.05) is 23.8 Å². The van der Waals surface area contributed by atoms with Crippen LogP contribution in [-0.2, 0) is 0 Å². The SMILES string of the molecule is Cl.N=C(NC(=O)Nc1ccc(Cl)cc1)N1CCCC1. The average molecular weight is 303 g/mol. The molecule has 0 unspecified atom stereocenters. The maximum absolute atomic E-state index is 11.6. The summed E-state index contributed by atoms with van der Waals surface area (Å²) in [6.45, 7) is 1.67. The number of carbonyl (C=O) groups is 1. The van der Waals surface area contributed by atoms with Crippen LogP contribution in [0.1, 0.15) is 12.8 Å². The highest BCUT2D eigenvalue weighted by atomic mass is 35.5. The van der Waals surface area contributed by atoms with Gasteiger partial charge in [0.25, 0.3) is 0 Å². The largest absolute Gasteiger partial charge is 0.343 e. The maximum Gasteiger partial charge on any atom is 0.325 e. The number of urea groups is 1. The molecule has 2 amide bonds. The number of rotatable bonds is 1. The number of likely N-dealkylation sites (tertiary alicyclic amines) is 1. The Hall–Kier alpha value is -1.46. The van der Waals surface area contributed by atoms with E-state index >= 15 is 0 Å². The molecule has 1 saturated heterocycles. The second-order valence-electron chi connectivity index (χ2n) is 4.13. The number of halogens is 2. The summed E-state index contributed by atoms with van der Waals surface area (Å²) in [4.78, 5) is 13.5. The number of benzene rings is 1. The number of amides is 2. The second kappa shape index (κ2) is 7.21. The lowest BCUT2D eigenvalue weighted by molar-refractivity contribution is 0.255. The lowest BCUT2D eigenvalue weighted by Crippen LogP contribution is -2.43. The van der Waals surface area contributed by atoms with E-state index in [0.29, 0.717) is 10.7 Å². The number of carbonyl (C=O) groups excluding carboxylic acids is 1. The molecule has 1 fully saturated rings. The first-order chi connectivity index (χ1) is 8.65. The van der Waals surface area contributed by atoms with Crippen molar-refractivity contribution < 1.29 is 4.79 Å². The van der Waals surface area contributed by atoms with Crippen LogP contribution in [0.15, 0.2) is 24.3 Å². The van der Waals surface area contributed by atoms with E-state index in [-0.39, 0.29) is 18.4 Å². The molecular weight excluding hydrogens is 287 g/mol. The van der Waals surface area contributed by atoms with Crippen LogP contribution in [0.2, 0.25) is 5.02 Å². The number of nitrogens with one attached hydrogen (secondary N) is 3. The molecule has 0 aromatic heterocycles. The van der Waals surface area contributed by atoms with E-state index in [4.69, 9.17) is 17.0 Å². The Morgan fingerprint density at radius 3 is 2.37 bits per heavy atom. The summed E-state index contributed by atoms with van der Waals surface area (Å²) < 4.78 is 0. The minimum absolute atomic E-state index is 0. The maximum atomic E-state index is 11.6. The van der Waals surface area contributed by atoms with Gasteiger partial charge in [-0.2, -0.15) is 0 Å². The zero-order chi connectivity index (χ0) is 13.0. The van der Waals surface area contributed by atoms with Gasteiger partial charge in [-0.3, -0.25) is 10.7 Å². The first kappa shape index (κ1) is 15.6. The van der Waals surface area contributed by atoms with Gasteiger partial charge in [-0.25, -0.2) is 4.79 Å². The van der Waals surface area contributed by atoms with Crippen molar-refractivity contribution in [2.45, 2.75) is 12.8 Å². The fourth-order valence-corrected chi connectivity index (χ4v) is 1.95. The summed E-state index contributed by atoms with van der Waals surface area (Å²) in [5, 5.41) is 13.5. The molecule has 0 bridgehead atoms. The van der Waals surface area contributed by atoms with Gasteiger partial charge in [0.1, 0.15) is 0 Å². The third-order valence-electron chi connectivity index (χ3n) is 2.76. The molecule has 104 valence electrons. The van der Waals surface area contributed by atoms with E-state index in [1.165, 1.54) is 0 Å². The molecule has 1 aliphatic rings. The molecule has 1 aromatic carbocycles. The highest BCUT2D eigenvalue weighted by Gasteiger charge is 2.16. The first-order valence-electron chi connectivity index (χ1n) is 5.82. The Morgan fingerprint density at radius 1 is 1.21 bits per heavy atom. The fraction of sp³-hybridized carbons (Fsp3) is 0.333. The molecule has 5 nitrogen and oxygen atoms in total. The zero-order valence-corrected chi connectivity index (χ0v) is 11.9. The topological polar surface area (TPSA) is 68.2 Å². The first-order valence-corrected chi connectivity index (χ1v) is 6.20. The minimum atomic E-state index is -0.408. The minimum Gasteiger partial charge on any atom is -0.343 e. The average Bonchev–Trinajstić information content (AvgIpc) is 2.85. The summed E-state index contributed by atoms with van der Waals surface area (Å²) in [6.07, 6.45) is 2.14. The normalized spacial score (nSPS) is 13.6. The Labute approximate surface area is 123 Å². The standard InChI is InChI=1S/C12H15ClN4O.ClH/c13-9-3-5-10(6-4-9)15-12(18)16-11(14)17-7-1-2-8-17;/h3-6H,1-2,7-8H2,(H3,14,15,16,18);1H. The Bertz CT molecular complexity index is 444. The van der Waals surface area contributed by atoms with E-state index in [9.17, 15) is 4.79 Å². The molecule has 0 aliphatic carbocycles. The highest BCUT2D eigenvalue weighted by Crippen LogP contribution is 2.13. The van der Waals surface area contributed by atoms with Gasteiger partial charge in [0.2, 0.25) is 0 Å². The molecule has 0 radical (unpaired) electrons. The van der Waals surface area contributed by atoms with Crippen molar-refractivity contribution in [3.63, 3.8) is 0 Å². The van der Waals surface area contributed by atoms with E-state index < -0.39 is 6.03 Å². The summed E-state index contributed by atoms with van der Waals surface area (Å²) in [5.74, 6) is 0.152. The third-order valence-corrected chi connectivity index (χ3v) is 3.01. The van der Waals surface area contributed by atoms with Crippen molar-refractivity contribution in [1.29, 1.82) is 5.41 Å². The van der Waals surface area contributed by atoms with Crippen LogP contribution in [0.5, 0.6) is 0 Å². The quantitative estimate of drug-likeness (QED) is 0.551. The summed E-state index contributed by atoms with van der Waals surface area (Å²) >= 11 is 5.75. The molecule has 0 spiro atoms. The fourth-order valence-electron chi connectivity index (χ4n) is 1.82. The van der Waals surface area contributed by atoms with Crippen LogP contribution in [0, 0.1) is 5.41 Å². The molecule has 2 rings (SSSR count). The molecule has 0 atom stereocenters. The third kappa shape index (κ3) is 4.61. The van der Waals surface area contributed by atoms with Gasteiger partial charge >= 0.3 is 6.03 Å². The van der Waals surface area contributed by atoms with E-state index in [0.717, 1.165) is 25.9 Å². The number of guanidine groups is 1. The van der Waals surface area contributed by atoms with E-state index in [1.54, 1.807) is 24.3 Å². The predicted molar refractivity (Wildman–Crippen MR) is 79.4 cm³/mol. The lowest BCUT2D eigenvalue weighted by atomic mass is 10.3. The number of nitrogens with zero attached hydrogens (tertiary/aromatic N) is 1. The smallest absolute Gasteiger partial charge is 0.325 e. The van der Waals surface area contributed by atoms with Gasteiger partial charge < -0.3 is 10.2 Å². The molecule has 1 aromatic rings. The van der Waals surface area contributed by atoms with Crippen LogP contribution in [-0.4, -0.2) is 30.0 Å². The molecule has 7 heteroatoms. The number of hydrogen-bond donors (Lipinski definition) is 3. The highest BCUT2D eigenvalue weighted by molar-refractivity contribution is 6.30. The summed E-state index contributed by atoms with van der Waals surface area (Å²) in [5.41, 5.74) is 0.645. The van der Waals surface area contributed by atoms with Crippen molar-refractivity contribution in [3.05, 3.63) is 29.3 Å². The van der Waals surface area contributed by atoms with E-state index in [2.05, 4.69) is 10.6 Å². The van der Waals surface area contributed by atoms with Crippen molar-refractivity contribution >= 4 is 41.7 Å². The Balaban J connectivity index is 0.00000180. The van der Waals surface area contributed by atoms with Gasteiger partial charge in [0.15, 0.2) is 5.96 Å². The Morgan fingerprint density at radius 2 is 1.79 bits per heavy atom. The van der Waals surface area contributed by atoms with Gasteiger partial charge in [-0.05, 0) is 37.1 Å². The zero-order valence-electron chi connectivity index (χ0n) is 10.3. The monoisotopic (exact) mass is 302 g/mol. The lowest BCUT2D eigenvalue weighted by Gasteiger charge is -2.18. The van der Waals surface area contributed by atoms with Crippen molar-refractivity contribution in [2.24, 2.45) is 0 Å². The van der Waals surface area contributed by atoms with Crippen LogP contribution in [0.3, 0.4) is 0 Å². The van der Waals surface area contributed by atoms with Crippen molar-refractivity contribution in [2.75, 3.05) is 18.4 Å². The van der Waals surface area contributed by atoms with Gasteiger partial charge in [-0.15, -0.1) is 12.4 Å². The molecule has 19 heavy (non-hydrogen) atoms. The second-order valence-corrected chi connectivity index (χ2v) is 4.57. The van der Waals surface area contributed by atoms with Crippen LogP contribution >= 0.6 is 24.0 Å². The Kier molecular flexibility index (Phi) is 5.92. The van der Waals surface area contributed by atoms with Crippen LogP contribution in [0.4, 0.5) is 10.5 Å². The van der Waals surface area contributed by atoms with Crippen molar-refractivity contribution in [1.82, 2.24) is 10.2 Å². The van der Waals surface area contributed by atoms with Gasteiger partial charge in [0.05, 0.1) is 0 Å². The summed E-state index contributed by atoms with van der Waals surface area (Å²) in [7, 11) is 0. The van der Waals surface area contributed by atoms with Gasteiger partial charge in [-0.1, -0.05) is 11.6 Å². The van der Waals surface area contributed by atoms with Crippen molar-refractivity contribution in [3.8, 4) is 0 Å². The number of anilines is 1. The van der Waals surface area contributed by atoms with Crippen LogP contribution in [0.25, 0.3) is 0 Å². The molecule has 1 heterocycles. The molecule has 1 aliphatic heterocycles. The number of hydrogen-bond acceptors (Lipinski definition) is 2. The molecular formula is C12H16Cl2N4O.